The van der Waals surface area contributed by atoms with E-state index in [0.717, 1.165) is 37.8 Å². The van der Waals surface area contributed by atoms with Crippen LogP contribution in [0.1, 0.15) is 44.6 Å². The lowest BCUT2D eigenvalue weighted by molar-refractivity contribution is 0.317. The van der Waals surface area contributed by atoms with Gasteiger partial charge in [0, 0.05) is 6.54 Å². The maximum absolute atomic E-state index is 5.57. The lowest BCUT2D eigenvalue weighted by atomic mass is 10.2. The molecule has 0 amide bonds. The Morgan fingerprint density at radius 2 is 2.00 bits per heavy atom. The second kappa shape index (κ2) is 7.42. The second-order valence-electron chi connectivity index (χ2n) is 5.25. The fourth-order valence-corrected chi connectivity index (χ4v) is 2.08. The molecule has 0 spiro atoms. The summed E-state index contributed by atoms with van der Waals surface area (Å²) in [6.45, 7) is 5.04. The number of nitrogens with one attached hydrogen (secondary N) is 1. The third-order valence-electron chi connectivity index (χ3n) is 3.39. The van der Waals surface area contributed by atoms with Gasteiger partial charge in [0.15, 0.2) is 0 Å². The summed E-state index contributed by atoms with van der Waals surface area (Å²) in [6.07, 6.45) is 6.74. The summed E-state index contributed by atoms with van der Waals surface area (Å²) >= 11 is 0. The van der Waals surface area contributed by atoms with Crippen LogP contribution >= 0.6 is 0 Å². The van der Waals surface area contributed by atoms with Gasteiger partial charge in [-0.1, -0.05) is 31.9 Å². The van der Waals surface area contributed by atoms with Crippen molar-refractivity contribution in [2.24, 2.45) is 5.92 Å². The molecule has 100 valence electrons. The third-order valence-corrected chi connectivity index (χ3v) is 3.39. The molecule has 2 rings (SSSR count). The van der Waals surface area contributed by atoms with Crippen LogP contribution in [0.5, 0.6) is 5.75 Å². The standard InChI is InChI=1S/C16H25NO/c1-2-12-18-16-9-7-15(8-10-16)13-17-11-3-4-14-5-6-14/h7-10,14,17H,2-6,11-13H2,1H3. The van der Waals surface area contributed by atoms with Gasteiger partial charge < -0.3 is 10.1 Å². The summed E-state index contributed by atoms with van der Waals surface area (Å²) in [6, 6.07) is 8.44. The van der Waals surface area contributed by atoms with Crippen LogP contribution in [0.2, 0.25) is 0 Å². The first-order valence-corrected chi connectivity index (χ1v) is 7.31. The Morgan fingerprint density at radius 1 is 1.22 bits per heavy atom. The highest BCUT2D eigenvalue weighted by Gasteiger charge is 2.19. The SMILES string of the molecule is CCCOc1ccc(CNCCCC2CC2)cc1. The first-order chi connectivity index (χ1) is 8.88. The molecule has 0 aromatic heterocycles. The fourth-order valence-electron chi connectivity index (χ4n) is 2.08. The summed E-state index contributed by atoms with van der Waals surface area (Å²) in [5.74, 6) is 2.04. The largest absolute Gasteiger partial charge is 0.494 e. The van der Waals surface area contributed by atoms with Gasteiger partial charge in [0.1, 0.15) is 5.75 Å². The number of hydrogen-bond donors (Lipinski definition) is 1. The van der Waals surface area contributed by atoms with Gasteiger partial charge in [-0.15, -0.1) is 0 Å². The van der Waals surface area contributed by atoms with E-state index in [0.29, 0.717) is 0 Å². The number of ether oxygens (including phenoxy) is 1. The van der Waals surface area contributed by atoms with E-state index < -0.39 is 0 Å². The summed E-state index contributed by atoms with van der Waals surface area (Å²) in [4.78, 5) is 0. The lowest BCUT2D eigenvalue weighted by Crippen LogP contribution is -2.14. The normalized spacial score (nSPS) is 14.7. The highest BCUT2D eigenvalue weighted by Crippen LogP contribution is 2.33. The molecular formula is C16H25NO. The molecule has 1 aromatic carbocycles. The maximum atomic E-state index is 5.57. The molecular weight excluding hydrogens is 222 g/mol. The average molecular weight is 247 g/mol. The molecule has 1 aliphatic rings. The number of benzene rings is 1. The van der Waals surface area contributed by atoms with Crippen molar-refractivity contribution in [3.8, 4) is 5.75 Å². The van der Waals surface area contributed by atoms with E-state index in [-0.39, 0.29) is 0 Å². The van der Waals surface area contributed by atoms with Crippen molar-refractivity contribution in [1.82, 2.24) is 5.32 Å². The van der Waals surface area contributed by atoms with Crippen molar-refractivity contribution in [1.29, 1.82) is 0 Å². The van der Waals surface area contributed by atoms with E-state index in [9.17, 15) is 0 Å². The van der Waals surface area contributed by atoms with Crippen LogP contribution in [0, 0.1) is 5.92 Å². The molecule has 1 fully saturated rings. The minimum absolute atomic E-state index is 0.804. The summed E-state index contributed by atoms with van der Waals surface area (Å²) in [7, 11) is 0. The minimum atomic E-state index is 0.804. The molecule has 0 saturated heterocycles. The quantitative estimate of drug-likeness (QED) is 0.671. The molecule has 0 unspecified atom stereocenters. The van der Waals surface area contributed by atoms with Gasteiger partial charge in [0.25, 0.3) is 0 Å². The smallest absolute Gasteiger partial charge is 0.119 e. The first-order valence-electron chi connectivity index (χ1n) is 7.31. The fraction of sp³-hybridized carbons (Fsp3) is 0.625. The van der Waals surface area contributed by atoms with Crippen molar-refractivity contribution >= 4 is 0 Å². The molecule has 1 N–H and O–H groups in total. The Morgan fingerprint density at radius 3 is 2.67 bits per heavy atom. The number of rotatable bonds is 9. The zero-order chi connectivity index (χ0) is 12.6. The molecule has 0 aliphatic heterocycles. The Hall–Kier alpha value is -1.02. The predicted octanol–water partition coefficient (Wildman–Crippen LogP) is 3.76. The molecule has 1 saturated carbocycles. The highest BCUT2D eigenvalue weighted by atomic mass is 16.5. The van der Waals surface area contributed by atoms with E-state index in [4.69, 9.17) is 4.74 Å². The molecule has 0 heterocycles. The van der Waals surface area contributed by atoms with Crippen LogP contribution in [0.25, 0.3) is 0 Å². The van der Waals surface area contributed by atoms with E-state index in [1.165, 1.54) is 31.2 Å². The predicted molar refractivity (Wildman–Crippen MR) is 75.9 cm³/mol. The number of hydrogen-bond acceptors (Lipinski definition) is 2. The molecule has 0 atom stereocenters. The van der Waals surface area contributed by atoms with Crippen LogP contribution in [-0.4, -0.2) is 13.2 Å². The Labute approximate surface area is 111 Å². The molecule has 1 aromatic rings. The van der Waals surface area contributed by atoms with E-state index in [1.807, 2.05) is 0 Å². The van der Waals surface area contributed by atoms with Crippen LogP contribution < -0.4 is 10.1 Å². The third kappa shape index (κ3) is 5.09. The van der Waals surface area contributed by atoms with Gasteiger partial charge in [-0.05, 0) is 49.4 Å². The second-order valence-corrected chi connectivity index (χ2v) is 5.25. The van der Waals surface area contributed by atoms with Crippen LogP contribution in [0.3, 0.4) is 0 Å². The molecule has 0 bridgehead atoms. The van der Waals surface area contributed by atoms with Crippen LogP contribution in [-0.2, 0) is 6.54 Å². The molecule has 2 nitrogen and oxygen atoms in total. The van der Waals surface area contributed by atoms with Crippen LogP contribution in [0.15, 0.2) is 24.3 Å². The monoisotopic (exact) mass is 247 g/mol. The van der Waals surface area contributed by atoms with Crippen molar-refractivity contribution in [2.45, 2.75) is 45.6 Å². The van der Waals surface area contributed by atoms with Gasteiger partial charge in [0.2, 0.25) is 0 Å². The highest BCUT2D eigenvalue weighted by molar-refractivity contribution is 5.27. The minimum Gasteiger partial charge on any atom is -0.494 e. The van der Waals surface area contributed by atoms with Crippen molar-refractivity contribution < 1.29 is 4.74 Å². The van der Waals surface area contributed by atoms with Gasteiger partial charge in [-0.25, -0.2) is 0 Å². The van der Waals surface area contributed by atoms with E-state index in [2.05, 4.69) is 36.5 Å². The van der Waals surface area contributed by atoms with Crippen molar-refractivity contribution in [2.75, 3.05) is 13.2 Å². The van der Waals surface area contributed by atoms with Crippen molar-refractivity contribution in [3.05, 3.63) is 29.8 Å². The molecule has 1 aliphatic carbocycles. The van der Waals surface area contributed by atoms with E-state index >= 15 is 0 Å². The molecule has 2 heteroatoms. The zero-order valence-electron chi connectivity index (χ0n) is 11.5. The average Bonchev–Trinajstić information content (AvgIpc) is 3.21. The summed E-state index contributed by atoms with van der Waals surface area (Å²) < 4.78 is 5.57. The Balaban J connectivity index is 1.59. The van der Waals surface area contributed by atoms with Gasteiger partial charge in [-0.2, -0.15) is 0 Å². The summed E-state index contributed by atoms with van der Waals surface area (Å²) in [5, 5.41) is 3.51. The molecule has 18 heavy (non-hydrogen) atoms. The maximum Gasteiger partial charge on any atom is 0.119 e. The Kier molecular flexibility index (Phi) is 5.53. The van der Waals surface area contributed by atoms with Gasteiger partial charge >= 0.3 is 0 Å². The topological polar surface area (TPSA) is 21.3 Å². The lowest BCUT2D eigenvalue weighted by Gasteiger charge is -2.07. The van der Waals surface area contributed by atoms with E-state index in [1.54, 1.807) is 0 Å². The van der Waals surface area contributed by atoms with Crippen molar-refractivity contribution in [3.63, 3.8) is 0 Å². The molecule has 0 radical (unpaired) electrons. The Bertz CT molecular complexity index is 329. The zero-order valence-corrected chi connectivity index (χ0v) is 11.5. The summed E-state index contributed by atoms with van der Waals surface area (Å²) in [5.41, 5.74) is 1.34. The first kappa shape index (κ1) is 13.4. The van der Waals surface area contributed by atoms with Crippen LogP contribution in [0.4, 0.5) is 0 Å². The van der Waals surface area contributed by atoms with Gasteiger partial charge in [0.05, 0.1) is 6.61 Å². The van der Waals surface area contributed by atoms with Gasteiger partial charge in [-0.3, -0.25) is 0 Å².